The Morgan fingerprint density at radius 1 is 1.05 bits per heavy atom. The van der Waals surface area contributed by atoms with Gasteiger partial charge in [0.2, 0.25) is 10.0 Å². The molecule has 0 aromatic heterocycles. The Morgan fingerprint density at radius 3 is 2.14 bits per heavy atom. The van der Waals surface area contributed by atoms with Crippen molar-refractivity contribution in [2.45, 2.75) is 76.3 Å². The lowest BCUT2D eigenvalue weighted by Gasteiger charge is -2.24. The minimum absolute atomic E-state index is 0.252. The van der Waals surface area contributed by atoms with E-state index >= 15 is 0 Å². The summed E-state index contributed by atoms with van der Waals surface area (Å²) in [4.78, 5) is 0.252. The van der Waals surface area contributed by atoms with Crippen molar-refractivity contribution in [3.05, 3.63) is 29.8 Å². The Bertz CT molecular complexity index is 525. The van der Waals surface area contributed by atoms with Crippen LogP contribution in [0.1, 0.15) is 57.9 Å². The fourth-order valence-electron chi connectivity index (χ4n) is 2.35. The number of aliphatic hydroxyl groups is 1. The molecule has 0 heterocycles. The molecule has 1 rings (SSSR count). The van der Waals surface area contributed by atoms with Crippen molar-refractivity contribution in [2.24, 2.45) is 0 Å². The molecule has 0 saturated heterocycles. The molecule has 0 bridgehead atoms. The average Bonchev–Trinajstić information content (AvgIpc) is 2.49. The lowest BCUT2D eigenvalue weighted by Crippen LogP contribution is -2.43. The van der Waals surface area contributed by atoms with Crippen LogP contribution in [-0.4, -0.2) is 25.7 Å². The maximum Gasteiger partial charge on any atom is 0.240 e. The molecule has 1 aromatic rings. The normalized spacial score (nSPS) is 14.7. The number of hydrogen-bond donors (Lipinski definition) is 2. The quantitative estimate of drug-likeness (QED) is 0.692. The Labute approximate surface area is 135 Å². The third-order valence-corrected chi connectivity index (χ3v) is 5.33. The molecule has 5 heteroatoms. The number of rotatable bonds is 10. The summed E-state index contributed by atoms with van der Waals surface area (Å²) in [7, 11) is -3.59. The number of aryl methyl sites for hydroxylation is 1. The molecule has 2 atom stereocenters. The SMILES string of the molecule is CCCC[C@@H](O)[C@@H](CCCC)NS(=O)(=O)c1ccc(C)cc1. The summed E-state index contributed by atoms with van der Waals surface area (Å²) in [5.41, 5.74) is 1.02. The molecule has 4 nitrogen and oxygen atoms in total. The van der Waals surface area contributed by atoms with Gasteiger partial charge in [-0.25, -0.2) is 13.1 Å². The molecule has 22 heavy (non-hydrogen) atoms. The zero-order valence-electron chi connectivity index (χ0n) is 13.9. The molecule has 0 aliphatic carbocycles. The largest absolute Gasteiger partial charge is 0.391 e. The first kappa shape index (κ1) is 19.1. The predicted molar refractivity (Wildman–Crippen MR) is 90.3 cm³/mol. The van der Waals surface area contributed by atoms with Crippen LogP contribution in [0.5, 0.6) is 0 Å². The number of sulfonamides is 1. The van der Waals surface area contributed by atoms with Crippen molar-refractivity contribution in [2.75, 3.05) is 0 Å². The first-order valence-corrected chi connectivity index (χ1v) is 9.66. The third-order valence-electron chi connectivity index (χ3n) is 3.82. The van der Waals surface area contributed by atoms with Crippen molar-refractivity contribution in [3.8, 4) is 0 Å². The first-order valence-electron chi connectivity index (χ1n) is 8.17. The number of nitrogens with one attached hydrogen (secondary N) is 1. The Kier molecular flexibility index (Phi) is 8.07. The van der Waals surface area contributed by atoms with E-state index < -0.39 is 22.2 Å². The zero-order chi connectivity index (χ0) is 16.6. The van der Waals surface area contributed by atoms with Crippen LogP contribution < -0.4 is 4.72 Å². The molecular formula is C17H29NO3S. The second-order valence-corrected chi connectivity index (χ2v) is 7.61. The molecule has 0 fully saturated rings. The lowest BCUT2D eigenvalue weighted by atomic mass is 10.0. The molecule has 0 amide bonds. The highest BCUT2D eigenvalue weighted by Crippen LogP contribution is 2.16. The van der Waals surface area contributed by atoms with Crippen molar-refractivity contribution in [1.29, 1.82) is 0 Å². The van der Waals surface area contributed by atoms with Gasteiger partial charge in [-0.3, -0.25) is 0 Å². The zero-order valence-corrected chi connectivity index (χ0v) is 14.7. The summed E-state index contributed by atoms with van der Waals surface area (Å²) < 4.78 is 27.6. The van der Waals surface area contributed by atoms with Crippen LogP contribution in [0.15, 0.2) is 29.2 Å². The van der Waals surface area contributed by atoms with Crippen molar-refractivity contribution >= 4 is 10.0 Å². The van der Waals surface area contributed by atoms with E-state index in [0.717, 1.165) is 31.2 Å². The highest BCUT2D eigenvalue weighted by molar-refractivity contribution is 7.89. The van der Waals surface area contributed by atoms with E-state index in [0.29, 0.717) is 12.8 Å². The van der Waals surface area contributed by atoms with Gasteiger partial charge in [0.15, 0.2) is 0 Å². The summed E-state index contributed by atoms with van der Waals surface area (Å²) in [6.45, 7) is 6.04. The monoisotopic (exact) mass is 327 g/mol. The van der Waals surface area contributed by atoms with Crippen molar-refractivity contribution in [3.63, 3.8) is 0 Å². The van der Waals surface area contributed by atoms with Crippen LogP contribution in [-0.2, 0) is 10.0 Å². The molecule has 0 radical (unpaired) electrons. The number of unbranched alkanes of at least 4 members (excludes halogenated alkanes) is 2. The average molecular weight is 327 g/mol. The fourth-order valence-corrected chi connectivity index (χ4v) is 3.66. The second-order valence-electron chi connectivity index (χ2n) is 5.89. The van der Waals surface area contributed by atoms with Gasteiger partial charge in [-0.2, -0.15) is 0 Å². The number of benzene rings is 1. The fraction of sp³-hybridized carbons (Fsp3) is 0.647. The Balaban J connectivity index is 2.84. The van der Waals surface area contributed by atoms with Gasteiger partial charge in [0, 0.05) is 6.04 Å². The minimum Gasteiger partial charge on any atom is -0.391 e. The maximum absolute atomic E-state index is 12.5. The molecule has 0 aliphatic rings. The third kappa shape index (κ3) is 6.07. The van der Waals surface area contributed by atoms with Gasteiger partial charge >= 0.3 is 0 Å². The highest BCUT2D eigenvalue weighted by Gasteiger charge is 2.25. The topological polar surface area (TPSA) is 66.4 Å². The van der Waals surface area contributed by atoms with Crippen LogP contribution in [0.3, 0.4) is 0 Å². The van der Waals surface area contributed by atoms with Gasteiger partial charge in [-0.15, -0.1) is 0 Å². The molecular weight excluding hydrogens is 298 g/mol. The van der Waals surface area contributed by atoms with Gasteiger partial charge in [0.1, 0.15) is 0 Å². The van der Waals surface area contributed by atoms with E-state index in [1.165, 1.54) is 0 Å². The Morgan fingerprint density at radius 2 is 1.59 bits per heavy atom. The summed E-state index contributed by atoms with van der Waals surface area (Å²) in [6.07, 6.45) is 4.41. The van der Waals surface area contributed by atoms with E-state index in [-0.39, 0.29) is 4.90 Å². The van der Waals surface area contributed by atoms with Crippen LogP contribution >= 0.6 is 0 Å². The minimum atomic E-state index is -3.59. The number of aliphatic hydroxyl groups excluding tert-OH is 1. The van der Waals surface area contributed by atoms with Crippen LogP contribution in [0.2, 0.25) is 0 Å². The van der Waals surface area contributed by atoms with Gasteiger partial charge < -0.3 is 5.11 Å². The van der Waals surface area contributed by atoms with E-state index in [2.05, 4.69) is 18.6 Å². The summed E-state index contributed by atoms with van der Waals surface area (Å²) in [6, 6.07) is 6.35. The van der Waals surface area contributed by atoms with Gasteiger partial charge in [-0.05, 0) is 31.9 Å². The van der Waals surface area contributed by atoms with Gasteiger partial charge in [0.25, 0.3) is 0 Å². The first-order chi connectivity index (χ1) is 10.4. The molecule has 2 N–H and O–H groups in total. The Hall–Kier alpha value is -0.910. The van der Waals surface area contributed by atoms with Gasteiger partial charge in [0.05, 0.1) is 11.0 Å². The predicted octanol–water partition coefficient (Wildman–Crippen LogP) is 3.38. The van der Waals surface area contributed by atoms with Crippen LogP contribution in [0.25, 0.3) is 0 Å². The number of hydrogen-bond acceptors (Lipinski definition) is 3. The maximum atomic E-state index is 12.5. The summed E-state index contributed by atoms with van der Waals surface area (Å²) in [5, 5.41) is 10.3. The van der Waals surface area contributed by atoms with E-state index in [1.807, 2.05) is 6.92 Å². The van der Waals surface area contributed by atoms with E-state index in [4.69, 9.17) is 0 Å². The van der Waals surface area contributed by atoms with Crippen LogP contribution in [0, 0.1) is 6.92 Å². The molecule has 0 saturated carbocycles. The van der Waals surface area contributed by atoms with Crippen molar-refractivity contribution < 1.29 is 13.5 Å². The molecule has 126 valence electrons. The molecule has 1 aromatic carbocycles. The van der Waals surface area contributed by atoms with Crippen LogP contribution in [0.4, 0.5) is 0 Å². The van der Waals surface area contributed by atoms with Crippen molar-refractivity contribution in [1.82, 2.24) is 4.72 Å². The smallest absolute Gasteiger partial charge is 0.240 e. The molecule has 0 unspecified atom stereocenters. The standard InChI is InChI=1S/C17H29NO3S/c1-4-6-8-16(17(19)9-7-5-2)18-22(20,21)15-12-10-14(3)11-13-15/h10-13,16-19H,4-9H2,1-3H3/t16-,17-/m1/s1. The van der Waals surface area contributed by atoms with E-state index in [9.17, 15) is 13.5 Å². The summed E-state index contributed by atoms with van der Waals surface area (Å²) in [5.74, 6) is 0. The molecule has 0 aliphatic heterocycles. The van der Waals surface area contributed by atoms with Gasteiger partial charge in [-0.1, -0.05) is 57.2 Å². The summed E-state index contributed by atoms with van der Waals surface area (Å²) >= 11 is 0. The lowest BCUT2D eigenvalue weighted by molar-refractivity contribution is 0.120. The molecule has 0 spiro atoms. The highest BCUT2D eigenvalue weighted by atomic mass is 32.2. The second kappa shape index (κ2) is 9.28. The van der Waals surface area contributed by atoms with E-state index in [1.54, 1.807) is 24.3 Å².